The molecule has 1 aliphatic heterocycles. The summed E-state index contributed by atoms with van der Waals surface area (Å²) in [5.74, 6) is -0.648. The molecule has 10 heteroatoms. The van der Waals surface area contributed by atoms with Crippen LogP contribution in [0.4, 0.5) is 0 Å². The molecule has 1 saturated heterocycles. The number of fused-ring (bicyclic) bond motifs is 2. The van der Waals surface area contributed by atoms with E-state index < -0.39 is 11.9 Å². The van der Waals surface area contributed by atoms with Gasteiger partial charge in [-0.15, -0.1) is 0 Å². The van der Waals surface area contributed by atoms with Gasteiger partial charge < -0.3 is 29.2 Å². The van der Waals surface area contributed by atoms with Gasteiger partial charge in [0.1, 0.15) is 23.9 Å². The molecule has 2 heterocycles. The lowest BCUT2D eigenvalue weighted by molar-refractivity contribution is -0.159. The lowest BCUT2D eigenvalue weighted by Crippen LogP contribution is -2.41. The lowest BCUT2D eigenvalue weighted by Gasteiger charge is -2.32. The molecule has 0 spiro atoms. The summed E-state index contributed by atoms with van der Waals surface area (Å²) in [4.78, 5) is 37.9. The van der Waals surface area contributed by atoms with Crippen LogP contribution in [0.3, 0.4) is 0 Å². The predicted molar refractivity (Wildman–Crippen MR) is 165 cm³/mol. The summed E-state index contributed by atoms with van der Waals surface area (Å²) in [5, 5.41) is 17.1. The summed E-state index contributed by atoms with van der Waals surface area (Å²) < 4.78 is 14.2. The molecule has 10 nitrogen and oxygen atoms in total. The van der Waals surface area contributed by atoms with E-state index in [0.717, 1.165) is 71.6 Å². The molecular formula is C34H33N3O7. The van der Waals surface area contributed by atoms with E-state index in [9.17, 15) is 4.79 Å². The fourth-order valence-electron chi connectivity index (χ4n) is 5.22. The zero-order chi connectivity index (χ0) is 30.9. The molecule has 1 aliphatic rings. The van der Waals surface area contributed by atoms with Gasteiger partial charge in [0.25, 0.3) is 5.91 Å². The van der Waals surface area contributed by atoms with Crippen molar-refractivity contribution in [3.05, 3.63) is 103 Å². The topological polar surface area (TPSA) is 131 Å². The van der Waals surface area contributed by atoms with Crippen molar-refractivity contribution in [2.45, 2.75) is 26.0 Å². The largest absolute Gasteiger partial charge is 0.486 e. The summed E-state index contributed by atoms with van der Waals surface area (Å²) in [6, 6.07) is 32.2. The van der Waals surface area contributed by atoms with Crippen molar-refractivity contribution in [1.82, 2.24) is 14.5 Å². The van der Waals surface area contributed by atoms with Crippen molar-refractivity contribution in [2.24, 2.45) is 5.92 Å². The fourth-order valence-corrected chi connectivity index (χ4v) is 5.22. The van der Waals surface area contributed by atoms with Gasteiger partial charge in [-0.2, -0.15) is 0 Å². The summed E-state index contributed by atoms with van der Waals surface area (Å²) in [6.07, 6.45) is 1.90. The van der Waals surface area contributed by atoms with Crippen molar-refractivity contribution in [3.8, 4) is 11.5 Å². The van der Waals surface area contributed by atoms with Crippen LogP contribution in [0.1, 0.15) is 18.7 Å². The minimum Gasteiger partial charge on any atom is -0.486 e. The Bertz CT molecular complexity index is 1730. The van der Waals surface area contributed by atoms with E-state index in [-0.39, 0.29) is 12.5 Å². The first-order valence-corrected chi connectivity index (χ1v) is 14.3. The highest BCUT2D eigenvalue weighted by Gasteiger charge is 2.25. The van der Waals surface area contributed by atoms with Gasteiger partial charge >= 0.3 is 11.9 Å². The minimum atomic E-state index is -1.82. The second-order valence-electron chi connectivity index (χ2n) is 10.5. The number of aliphatic carboxylic acids is 2. The average molecular weight is 596 g/mol. The number of nitrogens with zero attached hydrogens (tertiary/aromatic N) is 3. The molecule has 6 rings (SSSR count). The molecule has 1 amide bonds. The Morgan fingerprint density at radius 2 is 1.41 bits per heavy atom. The standard InChI is InChI=1S/C32H31N3O3.C2H2O4/c36-32(23-38-28-15-14-25-8-4-5-9-26(25)20-28)34-18-16-24(17-19-34)21-35-30-13-7-6-12-29(30)33-31(35)22-37-27-10-2-1-3-11-27;3-1(4)2(5)6/h1-15,20,24H,16-19,21-23H2;(H,3,4)(H,5,6). The summed E-state index contributed by atoms with van der Waals surface area (Å²) >= 11 is 0. The average Bonchev–Trinajstić information content (AvgIpc) is 3.40. The number of hydrogen-bond donors (Lipinski definition) is 2. The summed E-state index contributed by atoms with van der Waals surface area (Å²) in [5.41, 5.74) is 2.11. The van der Waals surface area contributed by atoms with Crippen molar-refractivity contribution in [2.75, 3.05) is 19.7 Å². The number of aromatic nitrogens is 2. The molecule has 1 aromatic heterocycles. The number of imidazole rings is 1. The van der Waals surface area contributed by atoms with E-state index >= 15 is 0 Å². The highest BCUT2D eigenvalue weighted by atomic mass is 16.5. The third-order valence-electron chi connectivity index (χ3n) is 7.52. The normalized spacial score (nSPS) is 13.2. The van der Waals surface area contributed by atoms with E-state index in [2.05, 4.69) is 34.9 Å². The van der Waals surface area contributed by atoms with Gasteiger partial charge in [-0.1, -0.05) is 60.7 Å². The van der Waals surface area contributed by atoms with Crippen LogP contribution < -0.4 is 9.47 Å². The third kappa shape index (κ3) is 7.71. The maximum Gasteiger partial charge on any atom is 0.414 e. The van der Waals surface area contributed by atoms with Crippen molar-refractivity contribution in [1.29, 1.82) is 0 Å². The van der Waals surface area contributed by atoms with E-state index in [1.165, 1.54) is 0 Å². The number of carbonyl (C=O) groups is 3. The number of ether oxygens (including phenoxy) is 2. The fraction of sp³-hybridized carbons (Fsp3) is 0.235. The summed E-state index contributed by atoms with van der Waals surface area (Å²) in [7, 11) is 0. The number of carboxylic acids is 2. The molecule has 4 aromatic carbocycles. The molecule has 2 N–H and O–H groups in total. The number of amides is 1. The highest BCUT2D eigenvalue weighted by Crippen LogP contribution is 2.25. The van der Waals surface area contributed by atoms with Gasteiger partial charge in [0, 0.05) is 19.6 Å². The maximum atomic E-state index is 12.9. The van der Waals surface area contributed by atoms with Crippen molar-refractivity contribution in [3.63, 3.8) is 0 Å². The first-order valence-electron chi connectivity index (χ1n) is 14.3. The smallest absolute Gasteiger partial charge is 0.414 e. The molecule has 5 aromatic rings. The van der Waals surface area contributed by atoms with E-state index in [1.54, 1.807) is 0 Å². The second kappa shape index (κ2) is 14.2. The van der Waals surface area contributed by atoms with Crippen LogP contribution in [0, 0.1) is 5.92 Å². The molecule has 0 atom stereocenters. The minimum absolute atomic E-state index is 0.0432. The van der Waals surface area contributed by atoms with Gasteiger partial charge in [0.15, 0.2) is 6.61 Å². The number of para-hydroxylation sites is 3. The Hall–Kier alpha value is -5.38. The number of piperidine rings is 1. The Morgan fingerprint density at radius 1 is 0.750 bits per heavy atom. The van der Waals surface area contributed by atoms with Crippen LogP contribution in [0.15, 0.2) is 97.1 Å². The SMILES string of the molecule is O=C(COc1ccc2ccccc2c1)N1CCC(Cn2c(COc3ccccc3)nc3ccccc32)CC1.O=C(O)C(=O)O. The monoisotopic (exact) mass is 595 g/mol. The van der Waals surface area contributed by atoms with Gasteiger partial charge in [-0.25, -0.2) is 14.6 Å². The Kier molecular flexibility index (Phi) is 9.71. The Balaban J connectivity index is 0.000000584. The van der Waals surface area contributed by atoms with Crippen LogP contribution in [0.2, 0.25) is 0 Å². The maximum absolute atomic E-state index is 12.9. The molecule has 0 aliphatic carbocycles. The number of carbonyl (C=O) groups excluding carboxylic acids is 1. The van der Waals surface area contributed by atoms with Crippen molar-refractivity contribution >= 4 is 39.7 Å². The molecular weight excluding hydrogens is 562 g/mol. The Labute approximate surface area is 254 Å². The molecule has 0 bridgehead atoms. The van der Waals surface area contributed by atoms with Crippen LogP contribution in [-0.2, 0) is 27.5 Å². The zero-order valence-electron chi connectivity index (χ0n) is 24.0. The second-order valence-corrected chi connectivity index (χ2v) is 10.5. The first-order chi connectivity index (χ1) is 21.4. The number of hydrogen-bond acceptors (Lipinski definition) is 6. The Morgan fingerprint density at radius 3 is 2.14 bits per heavy atom. The van der Waals surface area contributed by atoms with Crippen LogP contribution in [0.25, 0.3) is 21.8 Å². The number of rotatable bonds is 8. The molecule has 226 valence electrons. The van der Waals surface area contributed by atoms with Gasteiger partial charge in [0.2, 0.25) is 0 Å². The van der Waals surface area contributed by atoms with Crippen molar-refractivity contribution < 1.29 is 34.1 Å². The molecule has 0 saturated carbocycles. The number of likely N-dealkylation sites (tertiary alicyclic amines) is 1. The quantitative estimate of drug-likeness (QED) is 0.233. The first kappa shape index (κ1) is 30.1. The molecule has 44 heavy (non-hydrogen) atoms. The van der Waals surface area contributed by atoms with Gasteiger partial charge in [0.05, 0.1) is 11.0 Å². The van der Waals surface area contributed by atoms with E-state index in [4.69, 9.17) is 34.3 Å². The van der Waals surface area contributed by atoms with Gasteiger partial charge in [-0.3, -0.25) is 4.79 Å². The zero-order valence-corrected chi connectivity index (χ0v) is 24.0. The molecule has 1 fully saturated rings. The predicted octanol–water partition coefficient (Wildman–Crippen LogP) is 5.24. The lowest BCUT2D eigenvalue weighted by atomic mass is 9.96. The van der Waals surface area contributed by atoms with Gasteiger partial charge in [-0.05, 0) is 65.9 Å². The highest BCUT2D eigenvalue weighted by molar-refractivity contribution is 6.27. The van der Waals surface area contributed by atoms with E-state index in [1.807, 2.05) is 71.6 Å². The molecule has 0 unspecified atom stereocenters. The number of carboxylic acid groups (broad SMARTS) is 2. The molecule has 0 radical (unpaired) electrons. The van der Waals surface area contributed by atoms with Crippen LogP contribution in [0.5, 0.6) is 11.5 Å². The third-order valence-corrected chi connectivity index (χ3v) is 7.52. The number of benzene rings is 4. The summed E-state index contributed by atoms with van der Waals surface area (Å²) in [6.45, 7) is 2.84. The van der Waals surface area contributed by atoms with Crippen LogP contribution >= 0.6 is 0 Å². The van der Waals surface area contributed by atoms with Crippen LogP contribution in [-0.4, -0.2) is 62.2 Å². The van der Waals surface area contributed by atoms with E-state index in [0.29, 0.717) is 12.5 Å².